The summed E-state index contributed by atoms with van der Waals surface area (Å²) in [6.45, 7) is 9.15. The zero-order valence-electron chi connectivity index (χ0n) is 15.6. The Morgan fingerprint density at radius 1 is 1.19 bits per heavy atom. The van der Waals surface area contributed by atoms with Crippen molar-refractivity contribution in [3.05, 3.63) is 22.4 Å². The standard InChI is InChI=1S/C19H25N5O2/c1-11-12(2)15(8-20)18(22-13(11)3)23-6-4-14(5-7-23)24-16-9-21-10-17(16)26-19(24)25/h14,16-17,21H,4-7,9-10H2,1-3H3/t16-,17+/m1/s1. The lowest BCUT2D eigenvalue weighted by molar-refractivity contribution is 0.124. The fraction of sp³-hybridized carbons (Fsp3) is 0.632. The van der Waals surface area contributed by atoms with E-state index in [0.717, 1.165) is 61.7 Å². The van der Waals surface area contributed by atoms with E-state index >= 15 is 0 Å². The predicted molar refractivity (Wildman–Crippen MR) is 97.2 cm³/mol. The molecule has 7 nitrogen and oxygen atoms in total. The third-order valence-corrected chi connectivity index (χ3v) is 6.20. The second kappa shape index (κ2) is 6.44. The summed E-state index contributed by atoms with van der Waals surface area (Å²) in [6, 6.07) is 2.70. The molecule has 4 rings (SSSR count). The number of piperidine rings is 1. The number of rotatable bonds is 2. The predicted octanol–water partition coefficient (Wildman–Crippen LogP) is 1.64. The number of aromatic nitrogens is 1. The topological polar surface area (TPSA) is 81.5 Å². The van der Waals surface area contributed by atoms with Gasteiger partial charge in [-0.3, -0.25) is 4.90 Å². The van der Waals surface area contributed by atoms with Gasteiger partial charge in [-0.2, -0.15) is 5.26 Å². The fourth-order valence-electron chi connectivity index (χ4n) is 4.43. The summed E-state index contributed by atoms with van der Waals surface area (Å²) in [5, 5.41) is 12.9. The Kier molecular flexibility index (Phi) is 4.23. The molecule has 1 N–H and O–H groups in total. The quantitative estimate of drug-likeness (QED) is 0.869. The van der Waals surface area contributed by atoms with Crippen molar-refractivity contribution in [1.82, 2.24) is 15.2 Å². The van der Waals surface area contributed by atoms with Crippen LogP contribution in [0.2, 0.25) is 0 Å². The number of fused-ring (bicyclic) bond motifs is 1. The van der Waals surface area contributed by atoms with Crippen LogP contribution in [0.15, 0.2) is 0 Å². The Hall–Kier alpha value is -2.33. The summed E-state index contributed by atoms with van der Waals surface area (Å²) < 4.78 is 5.50. The Labute approximate surface area is 153 Å². The first-order valence-electron chi connectivity index (χ1n) is 9.33. The van der Waals surface area contributed by atoms with Gasteiger partial charge in [0.1, 0.15) is 18.0 Å². The SMILES string of the molecule is Cc1nc(N2CCC(N3C(=O)O[C@H]4CNC[C@H]43)CC2)c(C#N)c(C)c1C. The summed E-state index contributed by atoms with van der Waals surface area (Å²) in [4.78, 5) is 21.1. The van der Waals surface area contributed by atoms with Gasteiger partial charge in [-0.05, 0) is 44.7 Å². The van der Waals surface area contributed by atoms with Crippen LogP contribution >= 0.6 is 0 Å². The number of amides is 1. The number of hydrogen-bond acceptors (Lipinski definition) is 6. The highest BCUT2D eigenvalue weighted by molar-refractivity contribution is 5.71. The van der Waals surface area contributed by atoms with Crippen LogP contribution in [0.4, 0.5) is 10.6 Å². The lowest BCUT2D eigenvalue weighted by Crippen LogP contribution is -2.50. The lowest BCUT2D eigenvalue weighted by atomic mass is 9.99. The van der Waals surface area contributed by atoms with Crippen molar-refractivity contribution in [1.29, 1.82) is 5.26 Å². The summed E-state index contributed by atoms with van der Waals surface area (Å²) in [5.74, 6) is 0.788. The number of ether oxygens (including phenoxy) is 1. The van der Waals surface area contributed by atoms with Crippen LogP contribution in [-0.4, -0.2) is 60.3 Å². The maximum Gasteiger partial charge on any atom is 0.410 e. The Balaban J connectivity index is 1.51. The van der Waals surface area contributed by atoms with Crippen LogP contribution in [0, 0.1) is 32.1 Å². The number of carbonyl (C=O) groups excluding carboxylic acids is 1. The summed E-state index contributed by atoms with van der Waals surface area (Å²) in [7, 11) is 0. The molecule has 1 aromatic rings. The second-order valence-electron chi connectivity index (χ2n) is 7.53. The molecule has 0 radical (unpaired) electrons. The van der Waals surface area contributed by atoms with Crippen molar-refractivity contribution in [2.75, 3.05) is 31.1 Å². The zero-order valence-corrected chi connectivity index (χ0v) is 15.6. The normalized spacial score (nSPS) is 26.0. The number of nitrogens with one attached hydrogen (secondary N) is 1. The molecule has 3 saturated heterocycles. The van der Waals surface area contributed by atoms with E-state index < -0.39 is 0 Å². The first-order chi connectivity index (χ1) is 12.5. The van der Waals surface area contributed by atoms with E-state index in [4.69, 9.17) is 9.72 Å². The molecule has 4 heterocycles. The number of hydrogen-bond donors (Lipinski definition) is 1. The molecule has 0 bridgehead atoms. The summed E-state index contributed by atoms with van der Waals surface area (Å²) in [6.07, 6.45) is 1.57. The second-order valence-corrected chi connectivity index (χ2v) is 7.53. The van der Waals surface area contributed by atoms with Crippen molar-refractivity contribution in [3.8, 4) is 6.07 Å². The molecule has 0 unspecified atom stereocenters. The molecule has 0 aliphatic carbocycles. The maximum atomic E-state index is 12.3. The van der Waals surface area contributed by atoms with Gasteiger partial charge in [0, 0.05) is 37.9 Å². The third kappa shape index (κ3) is 2.60. The maximum absolute atomic E-state index is 12.3. The van der Waals surface area contributed by atoms with Gasteiger partial charge < -0.3 is 15.0 Å². The first kappa shape index (κ1) is 17.1. The minimum atomic E-state index is -0.169. The van der Waals surface area contributed by atoms with Gasteiger partial charge in [0.15, 0.2) is 0 Å². The average Bonchev–Trinajstić information content (AvgIpc) is 3.19. The lowest BCUT2D eigenvalue weighted by Gasteiger charge is -2.38. The molecule has 0 saturated carbocycles. The van der Waals surface area contributed by atoms with Gasteiger partial charge in [-0.25, -0.2) is 9.78 Å². The van der Waals surface area contributed by atoms with Crippen LogP contribution in [0.25, 0.3) is 0 Å². The number of anilines is 1. The van der Waals surface area contributed by atoms with Crippen molar-refractivity contribution in [3.63, 3.8) is 0 Å². The van der Waals surface area contributed by atoms with Crippen LogP contribution < -0.4 is 10.2 Å². The minimum absolute atomic E-state index is 0.00483. The van der Waals surface area contributed by atoms with E-state index in [2.05, 4.69) is 16.3 Å². The Morgan fingerprint density at radius 3 is 2.62 bits per heavy atom. The highest BCUT2D eigenvalue weighted by Crippen LogP contribution is 2.32. The Bertz CT molecular complexity index is 779. The average molecular weight is 355 g/mol. The number of aryl methyl sites for hydroxylation is 1. The Morgan fingerprint density at radius 2 is 1.92 bits per heavy atom. The smallest absolute Gasteiger partial charge is 0.410 e. The molecule has 26 heavy (non-hydrogen) atoms. The van der Waals surface area contributed by atoms with Crippen LogP contribution in [-0.2, 0) is 4.74 Å². The highest BCUT2D eigenvalue weighted by atomic mass is 16.6. The van der Waals surface area contributed by atoms with E-state index in [0.29, 0.717) is 5.56 Å². The van der Waals surface area contributed by atoms with Crippen LogP contribution in [0.3, 0.4) is 0 Å². The molecule has 7 heteroatoms. The molecule has 0 aromatic carbocycles. The molecule has 3 aliphatic heterocycles. The molecule has 3 fully saturated rings. The highest BCUT2D eigenvalue weighted by Gasteiger charge is 2.48. The van der Waals surface area contributed by atoms with Gasteiger partial charge in [0.05, 0.1) is 11.6 Å². The fourth-order valence-corrected chi connectivity index (χ4v) is 4.43. The molecule has 2 atom stereocenters. The van der Waals surface area contributed by atoms with E-state index in [9.17, 15) is 10.1 Å². The number of pyridine rings is 1. The van der Waals surface area contributed by atoms with Gasteiger partial charge >= 0.3 is 6.09 Å². The summed E-state index contributed by atoms with van der Waals surface area (Å²) >= 11 is 0. The van der Waals surface area contributed by atoms with Crippen molar-refractivity contribution < 1.29 is 9.53 Å². The summed E-state index contributed by atoms with van der Waals surface area (Å²) in [5.41, 5.74) is 3.74. The zero-order chi connectivity index (χ0) is 18.4. The monoisotopic (exact) mass is 355 g/mol. The van der Waals surface area contributed by atoms with Crippen molar-refractivity contribution in [2.45, 2.75) is 51.8 Å². The van der Waals surface area contributed by atoms with Gasteiger partial charge in [0.2, 0.25) is 0 Å². The number of carbonyl (C=O) groups is 1. The largest absolute Gasteiger partial charge is 0.442 e. The first-order valence-corrected chi connectivity index (χ1v) is 9.33. The molecular weight excluding hydrogens is 330 g/mol. The molecule has 138 valence electrons. The van der Waals surface area contributed by atoms with E-state index in [1.54, 1.807) is 0 Å². The van der Waals surface area contributed by atoms with E-state index in [1.807, 2.05) is 25.7 Å². The molecule has 1 amide bonds. The van der Waals surface area contributed by atoms with Crippen LogP contribution in [0.1, 0.15) is 35.2 Å². The molecule has 1 aromatic heterocycles. The van der Waals surface area contributed by atoms with Crippen molar-refractivity contribution >= 4 is 11.9 Å². The molecule has 0 spiro atoms. The van der Waals surface area contributed by atoms with Gasteiger partial charge in [0.25, 0.3) is 0 Å². The number of nitrogens with zero attached hydrogens (tertiary/aromatic N) is 4. The number of nitriles is 1. The van der Waals surface area contributed by atoms with Crippen molar-refractivity contribution in [2.24, 2.45) is 0 Å². The van der Waals surface area contributed by atoms with E-state index in [-0.39, 0.29) is 24.3 Å². The molecular formula is C19H25N5O2. The minimum Gasteiger partial charge on any atom is -0.442 e. The van der Waals surface area contributed by atoms with Crippen LogP contribution in [0.5, 0.6) is 0 Å². The van der Waals surface area contributed by atoms with Gasteiger partial charge in [-0.15, -0.1) is 0 Å². The van der Waals surface area contributed by atoms with Gasteiger partial charge in [-0.1, -0.05) is 0 Å². The van der Waals surface area contributed by atoms with E-state index in [1.165, 1.54) is 0 Å². The third-order valence-electron chi connectivity index (χ3n) is 6.20. The molecule has 3 aliphatic rings.